The molecule has 5 rings (SSSR count). The smallest absolute Gasteiger partial charge is 0.0627 e. The van der Waals surface area contributed by atoms with Gasteiger partial charge in [0.15, 0.2) is 0 Å². The molecule has 0 aromatic heterocycles. The van der Waals surface area contributed by atoms with Gasteiger partial charge in [-0.25, -0.2) is 0 Å². The van der Waals surface area contributed by atoms with Gasteiger partial charge in [-0.05, 0) is 85.9 Å². The Hall–Kier alpha value is 0.310. The Kier molecular flexibility index (Phi) is 3.12. The fraction of sp³-hybridized carbons (Fsp3) is 1.00. The maximum Gasteiger partial charge on any atom is 0.0627 e. The second kappa shape index (κ2) is 4.69. The van der Waals surface area contributed by atoms with E-state index in [0.717, 1.165) is 34.2 Å². The predicted molar refractivity (Wildman–Crippen MR) is 93.1 cm³/mol. The van der Waals surface area contributed by atoms with Crippen LogP contribution in [0, 0.1) is 34.5 Å². The Morgan fingerprint density at radius 3 is 2.55 bits per heavy atom. The molecule has 1 saturated heterocycles. The van der Waals surface area contributed by atoms with E-state index >= 15 is 0 Å². The van der Waals surface area contributed by atoms with Crippen LogP contribution in [0.1, 0.15) is 65.2 Å². The lowest BCUT2D eigenvalue weighted by molar-refractivity contribution is -0.122. The SMILES string of the molecule is COC1CC[C@H]2[C@@H]3CCC4CC5SC5C[C@]4(C)[C@@H]3CC[C@]12C. The van der Waals surface area contributed by atoms with E-state index in [-0.39, 0.29) is 0 Å². The molecule has 0 aromatic rings. The number of hydrogen-bond acceptors (Lipinski definition) is 2. The summed E-state index contributed by atoms with van der Waals surface area (Å²) in [7, 11) is 1.95. The lowest BCUT2D eigenvalue weighted by atomic mass is 9.45. The Labute approximate surface area is 140 Å². The fourth-order valence-corrected chi connectivity index (χ4v) is 9.22. The highest BCUT2D eigenvalue weighted by atomic mass is 32.2. The van der Waals surface area contributed by atoms with Crippen molar-refractivity contribution in [1.82, 2.24) is 0 Å². The van der Waals surface area contributed by atoms with Gasteiger partial charge in [-0.3, -0.25) is 0 Å². The normalized spacial score (nSPS) is 62.6. The molecule has 22 heavy (non-hydrogen) atoms. The van der Waals surface area contributed by atoms with Crippen LogP contribution in [-0.2, 0) is 4.74 Å². The Morgan fingerprint density at radius 1 is 0.909 bits per heavy atom. The summed E-state index contributed by atoms with van der Waals surface area (Å²) >= 11 is 2.31. The Balaban J connectivity index is 1.45. The van der Waals surface area contributed by atoms with Gasteiger partial charge in [0.2, 0.25) is 0 Å². The summed E-state index contributed by atoms with van der Waals surface area (Å²) in [4.78, 5) is 0. The quantitative estimate of drug-likeness (QED) is 0.619. The first-order valence-corrected chi connectivity index (χ1v) is 10.7. The summed E-state index contributed by atoms with van der Waals surface area (Å²) in [5.41, 5.74) is 1.17. The summed E-state index contributed by atoms with van der Waals surface area (Å²) in [6.07, 6.45) is 12.4. The second-order valence-electron chi connectivity index (χ2n) is 9.66. The topological polar surface area (TPSA) is 9.23 Å². The van der Waals surface area contributed by atoms with Crippen molar-refractivity contribution < 1.29 is 4.74 Å². The van der Waals surface area contributed by atoms with Crippen LogP contribution in [0.2, 0.25) is 0 Å². The second-order valence-corrected chi connectivity index (χ2v) is 11.1. The maximum absolute atomic E-state index is 5.92. The lowest BCUT2D eigenvalue weighted by Crippen LogP contribution is -2.54. The van der Waals surface area contributed by atoms with E-state index in [1.807, 2.05) is 7.11 Å². The minimum absolute atomic E-state index is 0.491. The van der Waals surface area contributed by atoms with Crippen LogP contribution in [0.25, 0.3) is 0 Å². The molecule has 0 N–H and O–H groups in total. The zero-order valence-electron chi connectivity index (χ0n) is 14.5. The average Bonchev–Trinajstić information content (AvgIpc) is 3.14. The average molecular weight is 321 g/mol. The van der Waals surface area contributed by atoms with Gasteiger partial charge in [-0.15, -0.1) is 0 Å². The minimum atomic E-state index is 0.491. The van der Waals surface area contributed by atoms with E-state index in [0.29, 0.717) is 16.9 Å². The summed E-state index contributed by atoms with van der Waals surface area (Å²) in [5.74, 6) is 4.05. The first kappa shape index (κ1) is 14.6. The van der Waals surface area contributed by atoms with Crippen molar-refractivity contribution >= 4 is 11.8 Å². The van der Waals surface area contributed by atoms with Crippen molar-refractivity contribution in [3.05, 3.63) is 0 Å². The number of fused-ring (bicyclic) bond motifs is 6. The van der Waals surface area contributed by atoms with Crippen LogP contribution in [0.5, 0.6) is 0 Å². The van der Waals surface area contributed by atoms with Crippen LogP contribution >= 0.6 is 11.8 Å². The van der Waals surface area contributed by atoms with Crippen LogP contribution in [-0.4, -0.2) is 23.7 Å². The van der Waals surface area contributed by atoms with Crippen molar-refractivity contribution in [2.75, 3.05) is 7.11 Å². The van der Waals surface area contributed by atoms with E-state index in [1.54, 1.807) is 12.8 Å². The molecule has 2 heteroatoms. The van der Waals surface area contributed by atoms with Gasteiger partial charge in [0.1, 0.15) is 0 Å². The van der Waals surface area contributed by atoms with Crippen molar-refractivity contribution in [3.8, 4) is 0 Å². The molecule has 124 valence electrons. The third kappa shape index (κ3) is 1.78. The Bertz CT molecular complexity index is 478. The highest BCUT2D eigenvalue weighted by Gasteiger charge is 2.63. The van der Waals surface area contributed by atoms with Gasteiger partial charge in [-0.1, -0.05) is 13.8 Å². The van der Waals surface area contributed by atoms with Gasteiger partial charge in [0, 0.05) is 17.6 Å². The zero-order chi connectivity index (χ0) is 15.1. The van der Waals surface area contributed by atoms with Gasteiger partial charge < -0.3 is 4.74 Å². The largest absolute Gasteiger partial charge is 0.381 e. The summed E-state index contributed by atoms with van der Waals surface area (Å²) in [5, 5.41) is 2.11. The molecule has 0 amide bonds. The fourth-order valence-electron chi connectivity index (χ4n) is 7.86. The number of rotatable bonds is 1. The highest BCUT2D eigenvalue weighted by molar-refractivity contribution is 8.07. The Morgan fingerprint density at radius 2 is 1.73 bits per heavy atom. The van der Waals surface area contributed by atoms with Crippen LogP contribution in [0.15, 0.2) is 0 Å². The highest BCUT2D eigenvalue weighted by Crippen LogP contribution is 2.70. The third-order valence-corrected chi connectivity index (χ3v) is 10.5. The predicted octanol–water partition coefficient (Wildman–Crippen LogP) is 5.14. The van der Waals surface area contributed by atoms with E-state index in [2.05, 4.69) is 25.6 Å². The van der Waals surface area contributed by atoms with Gasteiger partial charge in [0.25, 0.3) is 0 Å². The first-order valence-electron chi connectivity index (χ1n) is 9.74. The van der Waals surface area contributed by atoms with E-state index in [1.165, 1.54) is 38.5 Å². The number of methoxy groups -OCH3 is 1. The third-order valence-electron chi connectivity index (χ3n) is 9.11. The molecule has 4 unspecified atom stereocenters. The molecule has 5 fully saturated rings. The van der Waals surface area contributed by atoms with Crippen LogP contribution in [0.3, 0.4) is 0 Å². The molecular formula is C20H32OS. The number of hydrogen-bond donors (Lipinski definition) is 0. The van der Waals surface area contributed by atoms with Crippen molar-refractivity contribution in [3.63, 3.8) is 0 Å². The molecule has 0 spiro atoms. The molecule has 0 aromatic carbocycles. The molecule has 5 aliphatic rings. The van der Waals surface area contributed by atoms with Gasteiger partial charge in [0.05, 0.1) is 6.10 Å². The molecular weight excluding hydrogens is 288 g/mol. The summed E-state index contributed by atoms with van der Waals surface area (Å²) in [6, 6.07) is 0. The van der Waals surface area contributed by atoms with E-state index in [9.17, 15) is 0 Å². The molecule has 1 aliphatic heterocycles. The molecule has 1 nitrogen and oxygen atoms in total. The van der Waals surface area contributed by atoms with Crippen molar-refractivity contribution in [2.45, 2.75) is 81.8 Å². The van der Waals surface area contributed by atoms with Crippen LogP contribution in [0.4, 0.5) is 0 Å². The van der Waals surface area contributed by atoms with E-state index < -0.39 is 0 Å². The number of ether oxygens (including phenoxy) is 1. The monoisotopic (exact) mass is 320 g/mol. The van der Waals surface area contributed by atoms with Crippen LogP contribution < -0.4 is 0 Å². The van der Waals surface area contributed by atoms with Crippen molar-refractivity contribution in [2.24, 2.45) is 34.5 Å². The zero-order valence-corrected chi connectivity index (χ0v) is 15.3. The molecule has 9 atom stereocenters. The summed E-state index contributed by atoms with van der Waals surface area (Å²) < 4.78 is 5.92. The standard InChI is InChI=1S/C20H32OS/c1-19-9-8-15-13(14(19)6-7-18(19)21-3)5-4-12-10-16-17(22-16)11-20(12,15)2/h12-18H,4-11H2,1-3H3/t12?,13-,14-,15+,16?,17?,18?,19-,20-/m0/s1. The molecule has 0 radical (unpaired) electrons. The molecule has 1 heterocycles. The molecule has 4 saturated carbocycles. The maximum atomic E-state index is 5.92. The lowest BCUT2D eigenvalue weighted by Gasteiger charge is -2.60. The van der Waals surface area contributed by atoms with Crippen molar-refractivity contribution in [1.29, 1.82) is 0 Å². The molecule has 4 aliphatic carbocycles. The van der Waals surface area contributed by atoms with Gasteiger partial charge in [-0.2, -0.15) is 11.8 Å². The van der Waals surface area contributed by atoms with Gasteiger partial charge >= 0.3 is 0 Å². The summed E-state index contributed by atoms with van der Waals surface area (Å²) in [6.45, 7) is 5.27. The number of thioether (sulfide) groups is 1. The molecule has 0 bridgehead atoms. The minimum Gasteiger partial charge on any atom is -0.381 e. The van der Waals surface area contributed by atoms with E-state index in [4.69, 9.17) is 4.74 Å². The first-order chi connectivity index (χ1) is 10.6.